The minimum Gasteiger partial charge on any atom is -0.339 e. The lowest BCUT2D eigenvalue weighted by molar-refractivity contribution is -0.135. The number of fused-ring (bicyclic) bond motifs is 1. The number of carbonyl (C=O) groups excluding carboxylic acids is 1. The Balaban J connectivity index is 1.55. The molecule has 1 amide bonds. The van der Waals surface area contributed by atoms with Gasteiger partial charge in [0.1, 0.15) is 0 Å². The van der Waals surface area contributed by atoms with Crippen LogP contribution < -0.4 is 0 Å². The summed E-state index contributed by atoms with van der Waals surface area (Å²) in [5.41, 5.74) is 0.796. The van der Waals surface area contributed by atoms with Gasteiger partial charge in [-0.05, 0) is 49.8 Å². The summed E-state index contributed by atoms with van der Waals surface area (Å²) in [4.78, 5) is 14.4. The van der Waals surface area contributed by atoms with Crippen LogP contribution in [0.25, 0.3) is 0 Å². The van der Waals surface area contributed by atoms with Crippen molar-refractivity contribution in [2.45, 2.75) is 38.1 Å². The van der Waals surface area contributed by atoms with Crippen molar-refractivity contribution in [2.75, 3.05) is 6.54 Å². The van der Waals surface area contributed by atoms with Gasteiger partial charge in [0.15, 0.2) is 11.6 Å². The van der Waals surface area contributed by atoms with Crippen molar-refractivity contribution in [3.8, 4) is 0 Å². The molecule has 3 aliphatic rings. The molecule has 1 aromatic carbocycles. The van der Waals surface area contributed by atoms with Crippen LogP contribution in [-0.4, -0.2) is 23.4 Å². The SMILES string of the molecule is CC1C(c2ccc(F)c(F)c2)CCN1C(=O)C12CC1C2. The van der Waals surface area contributed by atoms with E-state index in [0.29, 0.717) is 11.8 Å². The largest absolute Gasteiger partial charge is 0.339 e. The summed E-state index contributed by atoms with van der Waals surface area (Å²) in [5, 5.41) is 0. The highest BCUT2D eigenvalue weighted by molar-refractivity contribution is 5.90. The maximum atomic E-state index is 13.4. The Hall–Kier alpha value is -1.45. The molecule has 20 heavy (non-hydrogen) atoms. The number of halogens is 2. The first-order chi connectivity index (χ1) is 9.53. The molecular formula is C16H17F2NO. The molecule has 1 aliphatic heterocycles. The van der Waals surface area contributed by atoms with Crippen LogP contribution in [-0.2, 0) is 4.79 Å². The number of rotatable bonds is 2. The molecule has 0 aromatic heterocycles. The molecule has 0 N–H and O–H groups in total. The first kappa shape index (κ1) is 12.3. The van der Waals surface area contributed by atoms with Gasteiger partial charge in [0.05, 0.1) is 5.41 Å². The fraction of sp³-hybridized carbons (Fsp3) is 0.562. The molecule has 1 heterocycles. The summed E-state index contributed by atoms with van der Waals surface area (Å²) in [6, 6.07) is 4.17. The number of amides is 1. The Morgan fingerprint density at radius 3 is 2.60 bits per heavy atom. The second-order valence-electron chi connectivity index (χ2n) is 6.57. The maximum absolute atomic E-state index is 13.4. The Morgan fingerprint density at radius 2 is 2.00 bits per heavy atom. The molecule has 4 rings (SSSR count). The number of carbonyl (C=O) groups is 1. The van der Waals surface area contributed by atoms with Crippen molar-refractivity contribution in [3.05, 3.63) is 35.4 Å². The van der Waals surface area contributed by atoms with Crippen molar-refractivity contribution >= 4 is 5.91 Å². The predicted molar refractivity (Wildman–Crippen MR) is 70.0 cm³/mol. The van der Waals surface area contributed by atoms with E-state index in [1.165, 1.54) is 12.1 Å². The monoisotopic (exact) mass is 277 g/mol. The molecule has 106 valence electrons. The number of likely N-dealkylation sites (tertiary alicyclic amines) is 1. The Morgan fingerprint density at radius 1 is 1.30 bits per heavy atom. The van der Waals surface area contributed by atoms with Gasteiger partial charge in [-0.1, -0.05) is 6.07 Å². The predicted octanol–water partition coefficient (Wildman–Crippen LogP) is 3.08. The summed E-state index contributed by atoms with van der Waals surface area (Å²) < 4.78 is 26.4. The average Bonchev–Trinajstić information content (AvgIpc) is 3.24. The van der Waals surface area contributed by atoms with E-state index in [4.69, 9.17) is 0 Å². The minimum atomic E-state index is -0.815. The average molecular weight is 277 g/mol. The first-order valence-electron chi connectivity index (χ1n) is 7.29. The second-order valence-corrected chi connectivity index (χ2v) is 6.57. The smallest absolute Gasteiger partial charge is 0.229 e. The first-order valence-corrected chi connectivity index (χ1v) is 7.29. The molecule has 2 aliphatic carbocycles. The van der Waals surface area contributed by atoms with E-state index in [2.05, 4.69) is 0 Å². The summed E-state index contributed by atoms with van der Waals surface area (Å²) in [6.07, 6.45) is 2.95. The van der Waals surface area contributed by atoms with Gasteiger partial charge in [-0.25, -0.2) is 8.78 Å². The van der Waals surface area contributed by atoms with Crippen LogP contribution in [0.5, 0.6) is 0 Å². The van der Waals surface area contributed by atoms with E-state index < -0.39 is 11.6 Å². The van der Waals surface area contributed by atoms with Crippen LogP contribution in [0.1, 0.15) is 37.7 Å². The summed E-state index contributed by atoms with van der Waals surface area (Å²) in [6.45, 7) is 2.76. The molecule has 2 unspecified atom stereocenters. The molecule has 3 fully saturated rings. The van der Waals surface area contributed by atoms with Gasteiger partial charge in [0, 0.05) is 18.5 Å². The molecule has 0 radical (unpaired) electrons. The third-order valence-corrected chi connectivity index (χ3v) is 5.50. The quantitative estimate of drug-likeness (QED) is 0.813. The fourth-order valence-corrected chi connectivity index (χ4v) is 3.75. The number of nitrogens with zero attached hydrogens (tertiary/aromatic N) is 1. The molecule has 4 heteroatoms. The normalized spacial score (nSPS) is 37.8. The second kappa shape index (κ2) is 3.80. The van der Waals surface area contributed by atoms with Gasteiger partial charge in [-0.15, -0.1) is 0 Å². The van der Waals surface area contributed by atoms with E-state index in [1.807, 2.05) is 11.8 Å². The Kier molecular flexibility index (Phi) is 2.34. The molecule has 0 bridgehead atoms. The number of hydrogen-bond acceptors (Lipinski definition) is 1. The molecular weight excluding hydrogens is 260 g/mol. The van der Waals surface area contributed by atoms with Crippen molar-refractivity contribution in [1.29, 1.82) is 0 Å². The molecule has 2 saturated carbocycles. The zero-order chi connectivity index (χ0) is 14.1. The van der Waals surface area contributed by atoms with E-state index >= 15 is 0 Å². The van der Waals surface area contributed by atoms with E-state index in [9.17, 15) is 13.6 Å². The van der Waals surface area contributed by atoms with Crippen LogP contribution in [0.4, 0.5) is 8.78 Å². The van der Waals surface area contributed by atoms with Crippen molar-refractivity contribution in [2.24, 2.45) is 11.3 Å². The lowest BCUT2D eigenvalue weighted by atomic mass is 9.92. The summed E-state index contributed by atoms with van der Waals surface area (Å²) >= 11 is 0. The zero-order valence-electron chi connectivity index (χ0n) is 11.4. The van der Waals surface area contributed by atoms with Crippen molar-refractivity contribution in [1.82, 2.24) is 4.90 Å². The van der Waals surface area contributed by atoms with Crippen LogP contribution in [0, 0.1) is 23.0 Å². The number of benzene rings is 1. The fourth-order valence-electron chi connectivity index (χ4n) is 3.75. The molecule has 2 nitrogen and oxygen atoms in total. The van der Waals surface area contributed by atoms with Gasteiger partial charge in [0.25, 0.3) is 0 Å². The lowest BCUT2D eigenvalue weighted by Crippen LogP contribution is -2.38. The van der Waals surface area contributed by atoms with Crippen molar-refractivity contribution in [3.63, 3.8) is 0 Å². The molecule has 2 atom stereocenters. The number of hydrogen-bond donors (Lipinski definition) is 0. The third-order valence-electron chi connectivity index (χ3n) is 5.50. The summed E-state index contributed by atoms with van der Waals surface area (Å²) in [7, 11) is 0. The lowest BCUT2D eigenvalue weighted by Gasteiger charge is -2.26. The highest BCUT2D eigenvalue weighted by Crippen LogP contribution is 2.76. The van der Waals surface area contributed by atoms with Crippen molar-refractivity contribution < 1.29 is 13.6 Å². The Bertz CT molecular complexity index is 594. The molecule has 1 aromatic rings. The highest BCUT2D eigenvalue weighted by atomic mass is 19.2. The molecule has 0 spiro atoms. The van der Waals surface area contributed by atoms with Gasteiger partial charge < -0.3 is 4.90 Å². The van der Waals surface area contributed by atoms with E-state index in [-0.39, 0.29) is 17.4 Å². The van der Waals surface area contributed by atoms with Crippen LogP contribution in [0.2, 0.25) is 0 Å². The van der Waals surface area contributed by atoms with Gasteiger partial charge in [-0.3, -0.25) is 4.79 Å². The minimum absolute atomic E-state index is 0.00278. The molecule has 1 saturated heterocycles. The standard InChI is InChI=1S/C16H17F2NO/c1-9-12(10-2-3-13(17)14(18)6-10)4-5-19(9)15(20)16-7-11(16)8-16/h2-3,6,9,11-12H,4-5,7-8H2,1H3. The van der Waals surface area contributed by atoms with Crippen LogP contribution >= 0.6 is 0 Å². The van der Waals surface area contributed by atoms with Crippen LogP contribution in [0.3, 0.4) is 0 Å². The third kappa shape index (κ3) is 1.57. The van der Waals surface area contributed by atoms with E-state index in [0.717, 1.165) is 31.4 Å². The van der Waals surface area contributed by atoms with Crippen LogP contribution in [0.15, 0.2) is 18.2 Å². The Labute approximate surface area is 116 Å². The van der Waals surface area contributed by atoms with E-state index in [1.54, 1.807) is 6.07 Å². The van der Waals surface area contributed by atoms with Gasteiger partial charge in [0.2, 0.25) is 5.91 Å². The van der Waals surface area contributed by atoms with Gasteiger partial charge >= 0.3 is 0 Å². The van der Waals surface area contributed by atoms with Gasteiger partial charge in [-0.2, -0.15) is 0 Å². The topological polar surface area (TPSA) is 20.3 Å². The zero-order valence-corrected chi connectivity index (χ0v) is 11.4. The highest BCUT2D eigenvalue weighted by Gasteiger charge is 2.75. The maximum Gasteiger partial charge on any atom is 0.229 e. The summed E-state index contributed by atoms with van der Waals surface area (Å²) in [5.74, 6) is -0.571.